The van der Waals surface area contributed by atoms with Gasteiger partial charge in [0.25, 0.3) is 0 Å². The van der Waals surface area contributed by atoms with Crippen LogP contribution in [0.4, 0.5) is 0 Å². The number of alkyl halides is 1. The molecule has 0 unspecified atom stereocenters. The minimum atomic E-state index is 0.451. The van der Waals surface area contributed by atoms with Gasteiger partial charge in [-0.1, -0.05) is 117 Å². The summed E-state index contributed by atoms with van der Waals surface area (Å²) in [6, 6.07) is 10.3. The molecule has 0 saturated heterocycles. The van der Waals surface area contributed by atoms with E-state index in [1.165, 1.54) is 56.9 Å². The van der Waals surface area contributed by atoms with E-state index in [1.54, 1.807) is 0 Å². The summed E-state index contributed by atoms with van der Waals surface area (Å²) in [5.41, 5.74) is 1.32. The van der Waals surface area contributed by atoms with Gasteiger partial charge in [-0.15, -0.1) is 0 Å². The molecule has 1 nitrogen and oxygen atoms in total. The first-order valence-corrected chi connectivity index (χ1v) is 9.36. The maximum Gasteiger partial charge on any atom is 0.130 e. The lowest BCUT2D eigenvalue weighted by atomic mass is 10.1. The Bertz CT molecular complexity index is 277. The first kappa shape index (κ1) is 22.6. The first-order chi connectivity index (χ1) is 10.2. The monoisotopic (exact) mass is 356 g/mol. The van der Waals surface area contributed by atoms with E-state index in [1.807, 2.05) is 18.2 Å². The van der Waals surface area contributed by atoms with Crippen LogP contribution >= 0.6 is 15.9 Å². The number of hydrogen-bond acceptors (Lipinski definition) is 1. The fourth-order valence-electron chi connectivity index (χ4n) is 1.74. The minimum absolute atomic E-state index is 0.451. The van der Waals surface area contributed by atoms with Gasteiger partial charge in [0.05, 0.1) is 5.33 Å². The summed E-state index contributed by atoms with van der Waals surface area (Å²) in [6.07, 6.45) is 12.3. The number of aldehydes is 1. The van der Waals surface area contributed by atoms with Crippen LogP contribution in [0.5, 0.6) is 0 Å². The first-order valence-electron chi connectivity index (χ1n) is 8.24. The summed E-state index contributed by atoms with van der Waals surface area (Å²) >= 11 is 2.88. The summed E-state index contributed by atoms with van der Waals surface area (Å²) in [6.45, 7) is 6.62. The maximum absolute atomic E-state index is 9.13. The fourth-order valence-corrected chi connectivity index (χ4v) is 1.74. The van der Waals surface area contributed by atoms with Gasteiger partial charge >= 0.3 is 0 Å². The third-order valence-corrected chi connectivity index (χ3v) is 3.22. The van der Waals surface area contributed by atoms with E-state index in [-0.39, 0.29) is 0 Å². The van der Waals surface area contributed by atoms with Crippen molar-refractivity contribution in [3.05, 3.63) is 35.9 Å². The molecule has 0 N–H and O–H groups in total. The zero-order valence-electron chi connectivity index (χ0n) is 14.1. The molecular weight excluding hydrogens is 324 g/mol. The highest BCUT2D eigenvalue weighted by molar-refractivity contribution is 9.09. The molecule has 0 aromatic heterocycles. The van der Waals surface area contributed by atoms with Gasteiger partial charge in [0.15, 0.2) is 0 Å². The van der Waals surface area contributed by atoms with Crippen molar-refractivity contribution in [3.63, 3.8) is 0 Å². The number of carbonyl (C=O) groups is 1. The average Bonchev–Trinajstić information content (AvgIpc) is 2.52. The van der Waals surface area contributed by atoms with Crippen LogP contribution in [0, 0.1) is 6.92 Å². The Hall–Kier alpha value is -0.630. The van der Waals surface area contributed by atoms with Crippen molar-refractivity contribution in [2.75, 3.05) is 5.33 Å². The SMILES string of the molecule is CCCCCCCCCC.Cc1ccccc1.O=CCBr. The molecule has 0 radical (unpaired) electrons. The smallest absolute Gasteiger partial charge is 0.130 e. The van der Waals surface area contributed by atoms with E-state index in [2.05, 4.69) is 48.8 Å². The second-order valence-corrected chi connectivity index (χ2v) is 5.74. The molecule has 0 atom stereocenters. The van der Waals surface area contributed by atoms with Crippen LogP contribution in [0.25, 0.3) is 0 Å². The summed E-state index contributed by atoms with van der Waals surface area (Å²) in [7, 11) is 0. The second-order valence-electron chi connectivity index (χ2n) is 5.10. The quantitative estimate of drug-likeness (QED) is 0.287. The number of hydrogen-bond donors (Lipinski definition) is 0. The van der Waals surface area contributed by atoms with Gasteiger partial charge in [-0.05, 0) is 6.92 Å². The summed E-state index contributed by atoms with van der Waals surface area (Å²) in [4.78, 5) is 9.13. The lowest BCUT2D eigenvalue weighted by molar-refractivity contribution is -0.105. The molecule has 0 aliphatic rings. The van der Waals surface area contributed by atoms with Crippen LogP contribution in [0.1, 0.15) is 70.8 Å². The minimum Gasteiger partial charge on any atom is -0.302 e. The van der Waals surface area contributed by atoms with E-state index < -0.39 is 0 Å². The van der Waals surface area contributed by atoms with Gasteiger partial charge < -0.3 is 4.79 Å². The van der Waals surface area contributed by atoms with Gasteiger partial charge in [-0.3, -0.25) is 0 Å². The van der Waals surface area contributed by atoms with Crippen LogP contribution < -0.4 is 0 Å². The van der Waals surface area contributed by atoms with E-state index in [4.69, 9.17) is 4.79 Å². The maximum atomic E-state index is 9.13. The van der Waals surface area contributed by atoms with Crippen LogP contribution in [0.15, 0.2) is 30.3 Å². The molecule has 2 heteroatoms. The average molecular weight is 357 g/mol. The summed E-state index contributed by atoms with van der Waals surface area (Å²) in [5, 5.41) is 0.451. The molecule has 0 fully saturated rings. The Morgan fingerprint density at radius 2 is 1.24 bits per heavy atom. The predicted octanol–water partition coefficient (Wildman–Crippen LogP) is 6.72. The third-order valence-electron chi connectivity index (χ3n) is 2.96. The highest BCUT2D eigenvalue weighted by Gasteiger charge is 1.87. The standard InChI is InChI=1S/C10H22.C7H8.C2H3BrO/c1-3-5-7-9-10-8-6-4-2;1-7-5-3-2-4-6-7;3-1-2-4/h3-10H2,1-2H3;2-6H,1H3;2H,1H2. The topological polar surface area (TPSA) is 17.1 Å². The molecule has 1 rings (SSSR count). The molecule has 0 heterocycles. The highest BCUT2D eigenvalue weighted by atomic mass is 79.9. The number of benzene rings is 1. The van der Waals surface area contributed by atoms with Crippen molar-refractivity contribution in [2.45, 2.75) is 72.1 Å². The van der Waals surface area contributed by atoms with E-state index in [0.29, 0.717) is 5.33 Å². The number of unbranched alkanes of at least 4 members (excludes halogenated alkanes) is 7. The Kier molecular flexibility index (Phi) is 23.4. The molecule has 1 aromatic carbocycles. The molecule has 0 aliphatic carbocycles. The molecular formula is C19H33BrO. The highest BCUT2D eigenvalue weighted by Crippen LogP contribution is 2.07. The van der Waals surface area contributed by atoms with Crippen molar-refractivity contribution in [1.29, 1.82) is 0 Å². The molecule has 0 amide bonds. The number of aryl methyl sites for hydroxylation is 1. The summed E-state index contributed by atoms with van der Waals surface area (Å²) < 4.78 is 0. The largest absolute Gasteiger partial charge is 0.302 e. The van der Waals surface area contributed by atoms with Crippen molar-refractivity contribution >= 4 is 22.2 Å². The number of halogens is 1. The van der Waals surface area contributed by atoms with Crippen molar-refractivity contribution in [1.82, 2.24) is 0 Å². The lowest BCUT2D eigenvalue weighted by Gasteiger charge is -1.97. The molecule has 0 spiro atoms. The van der Waals surface area contributed by atoms with Crippen LogP contribution in [0.3, 0.4) is 0 Å². The molecule has 1 aromatic rings. The molecule has 21 heavy (non-hydrogen) atoms. The van der Waals surface area contributed by atoms with Crippen LogP contribution in [-0.2, 0) is 4.79 Å². The molecule has 122 valence electrons. The van der Waals surface area contributed by atoms with E-state index in [0.717, 1.165) is 6.29 Å². The van der Waals surface area contributed by atoms with Gasteiger partial charge in [0, 0.05) is 0 Å². The number of rotatable bonds is 8. The fraction of sp³-hybridized carbons (Fsp3) is 0.632. The van der Waals surface area contributed by atoms with Crippen LogP contribution in [-0.4, -0.2) is 11.6 Å². The predicted molar refractivity (Wildman–Crippen MR) is 99.3 cm³/mol. The van der Waals surface area contributed by atoms with Crippen molar-refractivity contribution in [3.8, 4) is 0 Å². The Labute approximate surface area is 140 Å². The number of carbonyl (C=O) groups excluding carboxylic acids is 1. The van der Waals surface area contributed by atoms with E-state index >= 15 is 0 Å². The Morgan fingerprint density at radius 1 is 0.857 bits per heavy atom. The zero-order valence-corrected chi connectivity index (χ0v) is 15.7. The normalized spacial score (nSPS) is 8.95. The van der Waals surface area contributed by atoms with Gasteiger partial charge in [-0.25, -0.2) is 0 Å². The third kappa shape index (κ3) is 24.7. The van der Waals surface area contributed by atoms with Crippen molar-refractivity contribution in [2.24, 2.45) is 0 Å². The lowest BCUT2D eigenvalue weighted by Crippen LogP contribution is -1.77. The van der Waals surface area contributed by atoms with Crippen molar-refractivity contribution < 1.29 is 4.79 Å². The molecule has 0 saturated carbocycles. The van der Waals surface area contributed by atoms with Gasteiger partial charge in [-0.2, -0.15) is 0 Å². The van der Waals surface area contributed by atoms with E-state index in [9.17, 15) is 0 Å². The molecule has 0 bridgehead atoms. The molecule has 0 aliphatic heterocycles. The van der Waals surface area contributed by atoms with Crippen LogP contribution in [0.2, 0.25) is 0 Å². The summed E-state index contributed by atoms with van der Waals surface area (Å²) in [5.74, 6) is 0. The van der Waals surface area contributed by atoms with Gasteiger partial charge in [0.1, 0.15) is 6.29 Å². The Balaban J connectivity index is 0. The van der Waals surface area contributed by atoms with Gasteiger partial charge in [0.2, 0.25) is 0 Å². The zero-order chi connectivity index (χ0) is 16.2. The second kappa shape index (κ2) is 21.7. The Morgan fingerprint density at radius 3 is 1.48 bits per heavy atom.